The van der Waals surface area contributed by atoms with Gasteiger partial charge in [-0.1, -0.05) is 62.6 Å². The highest BCUT2D eigenvalue weighted by Gasteiger charge is 2.27. The van der Waals surface area contributed by atoms with E-state index in [4.69, 9.17) is 4.74 Å². The number of likely N-dealkylation sites (tertiary alicyclic amines) is 1. The van der Waals surface area contributed by atoms with Gasteiger partial charge in [0.05, 0.1) is 18.8 Å². The molecule has 0 bridgehead atoms. The summed E-state index contributed by atoms with van der Waals surface area (Å²) in [5.74, 6) is -0.134. The molecule has 0 amide bonds. The molecule has 1 N–H and O–H groups in total. The molecule has 0 saturated carbocycles. The first kappa shape index (κ1) is 25.9. The third kappa shape index (κ3) is 7.91. The van der Waals surface area contributed by atoms with Gasteiger partial charge < -0.3 is 9.84 Å². The van der Waals surface area contributed by atoms with Crippen molar-refractivity contribution in [1.82, 2.24) is 4.90 Å². The summed E-state index contributed by atoms with van der Waals surface area (Å²) in [5.41, 5.74) is 4.32. The van der Waals surface area contributed by atoms with Gasteiger partial charge in [-0.05, 0) is 80.8 Å². The van der Waals surface area contributed by atoms with Crippen molar-refractivity contribution >= 4 is 0 Å². The van der Waals surface area contributed by atoms with Gasteiger partial charge in [0.1, 0.15) is 5.82 Å². The zero-order chi connectivity index (χ0) is 23.6. The highest BCUT2D eigenvalue weighted by molar-refractivity contribution is 5.29. The molecule has 3 rings (SSSR count). The van der Waals surface area contributed by atoms with E-state index in [1.54, 1.807) is 13.0 Å². The van der Waals surface area contributed by atoms with Crippen molar-refractivity contribution in [3.05, 3.63) is 70.5 Å². The van der Waals surface area contributed by atoms with E-state index in [2.05, 4.69) is 43.0 Å². The summed E-state index contributed by atoms with van der Waals surface area (Å²) in [7, 11) is 0. The van der Waals surface area contributed by atoms with Crippen LogP contribution >= 0.6 is 0 Å². The largest absolute Gasteiger partial charge is 0.389 e. The van der Waals surface area contributed by atoms with Crippen molar-refractivity contribution in [2.45, 2.75) is 90.4 Å². The van der Waals surface area contributed by atoms with Crippen LogP contribution in [0.15, 0.2) is 42.5 Å². The molecular weight excluding hydrogens is 413 g/mol. The fourth-order valence-corrected chi connectivity index (χ4v) is 4.97. The molecule has 0 radical (unpaired) electrons. The minimum absolute atomic E-state index is 0.0352. The van der Waals surface area contributed by atoms with Crippen molar-refractivity contribution in [2.24, 2.45) is 0 Å². The molecule has 4 heteroatoms. The number of nitrogens with zero attached hydrogens (tertiary/aromatic N) is 1. The molecule has 1 fully saturated rings. The topological polar surface area (TPSA) is 32.7 Å². The highest BCUT2D eigenvalue weighted by atomic mass is 19.1. The number of halogens is 1. The Kier molecular flexibility index (Phi) is 10.4. The van der Waals surface area contributed by atoms with Gasteiger partial charge in [0, 0.05) is 12.6 Å². The maximum absolute atomic E-state index is 13.9. The number of hydrogen-bond acceptors (Lipinski definition) is 3. The SMILES string of the molecule is CCCCCCc1ccccc1[C@@H](C)OC[C@H](O)CN1CCC[C@H]1Cc1ccc(C)c(F)c1. The molecule has 0 unspecified atom stereocenters. The average molecular weight is 456 g/mol. The number of unbranched alkanes of at least 4 members (excludes halogenated alkanes) is 3. The minimum Gasteiger partial charge on any atom is -0.389 e. The molecule has 2 aromatic carbocycles. The first-order valence-electron chi connectivity index (χ1n) is 12.8. The molecule has 1 aliphatic heterocycles. The summed E-state index contributed by atoms with van der Waals surface area (Å²) in [6.45, 7) is 8.03. The quantitative estimate of drug-likeness (QED) is 0.355. The molecule has 182 valence electrons. The van der Waals surface area contributed by atoms with Crippen LogP contribution in [0, 0.1) is 12.7 Å². The van der Waals surface area contributed by atoms with Gasteiger partial charge in [-0.25, -0.2) is 4.39 Å². The highest BCUT2D eigenvalue weighted by Crippen LogP contribution is 2.25. The summed E-state index contributed by atoms with van der Waals surface area (Å²) < 4.78 is 20.1. The maximum Gasteiger partial charge on any atom is 0.126 e. The van der Waals surface area contributed by atoms with E-state index >= 15 is 0 Å². The van der Waals surface area contributed by atoms with E-state index in [0.29, 0.717) is 24.8 Å². The molecule has 2 aromatic rings. The van der Waals surface area contributed by atoms with Crippen molar-refractivity contribution < 1.29 is 14.2 Å². The minimum atomic E-state index is -0.528. The zero-order valence-electron chi connectivity index (χ0n) is 20.7. The Bertz CT molecular complexity index is 855. The Labute approximate surface area is 200 Å². The Hall–Kier alpha value is -1.75. The smallest absolute Gasteiger partial charge is 0.126 e. The van der Waals surface area contributed by atoms with Crippen LogP contribution in [0.4, 0.5) is 4.39 Å². The monoisotopic (exact) mass is 455 g/mol. The van der Waals surface area contributed by atoms with Crippen molar-refractivity contribution in [3.8, 4) is 0 Å². The molecule has 0 aromatic heterocycles. The number of benzene rings is 2. The number of rotatable bonds is 13. The van der Waals surface area contributed by atoms with Crippen LogP contribution in [-0.4, -0.2) is 41.8 Å². The van der Waals surface area contributed by atoms with Gasteiger partial charge in [0.25, 0.3) is 0 Å². The molecule has 0 spiro atoms. The Morgan fingerprint density at radius 3 is 2.76 bits per heavy atom. The molecule has 3 nitrogen and oxygen atoms in total. The van der Waals surface area contributed by atoms with E-state index in [1.807, 2.05) is 12.1 Å². The lowest BCUT2D eigenvalue weighted by molar-refractivity contribution is -0.0173. The van der Waals surface area contributed by atoms with Gasteiger partial charge >= 0.3 is 0 Å². The molecular formula is C29H42FNO2. The molecule has 33 heavy (non-hydrogen) atoms. The second-order valence-corrected chi connectivity index (χ2v) is 9.72. The summed E-state index contributed by atoms with van der Waals surface area (Å²) in [6.07, 6.45) is 8.57. The van der Waals surface area contributed by atoms with E-state index in [1.165, 1.54) is 36.8 Å². The molecule has 3 atom stereocenters. The van der Waals surface area contributed by atoms with Gasteiger partial charge in [-0.2, -0.15) is 0 Å². The van der Waals surface area contributed by atoms with Gasteiger partial charge in [0.15, 0.2) is 0 Å². The number of aliphatic hydroxyl groups excluding tert-OH is 1. The second-order valence-electron chi connectivity index (χ2n) is 9.72. The van der Waals surface area contributed by atoms with Crippen LogP contribution < -0.4 is 0 Å². The fraction of sp³-hybridized carbons (Fsp3) is 0.586. The van der Waals surface area contributed by atoms with Crippen LogP contribution in [0.3, 0.4) is 0 Å². The summed E-state index contributed by atoms with van der Waals surface area (Å²) in [6, 6.07) is 14.4. The normalized spacial score (nSPS) is 18.5. The van der Waals surface area contributed by atoms with Crippen molar-refractivity contribution in [2.75, 3.05) is 19.7 Å². The summed E-state index contributed by atoms with van der Waals surface area (Å²) >= 11 is 0. The number of β-amino-alcohol motifs (C(OH)–C–C–N with tert-alkyl or cyclic N) is 1. The van der Waals surface area contributed by atoms with E-state index in [9.17, 15) is 9.50 Å². The predicted molar refractivity (Wildman–Crippen MR) is 134 cm³/mol. The van der Waals surface area contributed by atoms with Crippen LogP contribution in [0.25, 0.3) is 0 Å². The first-order valence-corrected chi connectivity index (χ1v) is 12.8. The maximum atomic E-state index is 13.9. The van der Waals surface area contributed by atoms with Crippen LogP contribution in [0.5, 0.6) is 0 Å². The van der Waals surface area contributed by atoms with Gasteiger partial charge in [-0.15, -0.1) is 0 Å². The lowest BCUT2D eigenvalue weighted by atomic mass is 9.98. The summed E-state index contributed by atoms with van der Waals surface area (Å²) in [4.78, 5) is 2.35. The predicted octanol–water partition coefficient (Wildman–Crippen LogP) is 6.40. The third-order valence-corrected chi connectivity index (χ3v) is 6.98. The van der Waals surface area contributed by atoms with E-state index < -0.39 is 6.10 Å². The molecule has 1 aliphatic rings. The Morgan fingerprint density at radius 1 is 1.15 bits per heavy atom. The van der Waals surface area contributed by atoms with Crippen molar-refractivity contribution in [3.63, 3.8) is 0 Å². The zero-order valence-corrected chi connectivity index (χ0v) is 20.7. The molecule has 1 heterocycles. The number of aryl methyl sites for hydroxylation is 2. The fourth-order valence-electron chi connectivity index (χ4n) is 4.97. The lowest BCUT2D eigenvalue weighted by Gasteiger charge is -2.28. The third-order valence-electron chi connectivity index (χ3n) is 6.98. The van der Waals surface area contributed by atoms with Crippen LogP contribution in [0.1, 0.15) is 80.7 Å². The number of aliphatic hydroxyl groups is 1. The number of hydrogen-bond donors (Lipinski definition) is 1. The Morgan fingerprint density at radius 2 is 1.97 bits per heavy atom. The van der Waals surface area contributed by atoms with Gasteiger partial charge in [0.2, 0.25) is 0 Å². The van der Waals surface area contributed by atoms with Crippen molar-refractivity contribution in [1.29, 1.82) is 0 Å². The van der Waals surface area contributed by atoms with Crippen LogP contribution in [-0.2, 0) is 17.6 Å². The van der Waals surface area contributed by atoms with Gasteiger partial charge in [-0.3, -0.25) is 4.90 Å². The molecule has 0 aliphatic carbocycles. The van der Waals surface area contributed by atoms with Crippen LogP contribution in [0.2, 0.25) is 0 Å². The molecule has 1 saturated heterocycles. The van der Waals surface area contributed by atoms with E-state index in [0.717, 1.165) is 37.8 Å². The lowest BCUT2D eigenvalue weighted by Crippen LogP contribution is -2.39. The van der Waals surface area contributed by atoms with E-state index in [-0.39, 0.29) is 11.9 Å². The average Bonchev–Trinajstić information content (AvgIpc) is 3.24. The number of ether oxygens (including phenoxy) is 1. The Balaban J connectivity index is 1.48. The second kappa shape index (κ2) is 13.2. The first-order chi connectivity index (χ1) is 16.0. The standard InChI is InChI=1S/C29H42FNO2/c1-4-5-6-7-11-25-12-8-9-14-28(25)23(3)33-21-27(32)20-31-17-10-13-26(31)18-24-16-15-22(2)29(30)19-24/h8-9,12,14-16,19,23,26-27,32H,4-7,10-11,13,17-18,20-21H2,1-3H3/t23-,26+,27-/m1/s1. The summed E-state index contributed by atoms with van der Waals surface area (Å²) in [5, 5.41) is 10.7.